The van der Waals surface area contributed by atoms with Gasteiger partial charge in [0.1, 0.15) is 0 Å². The molecule has 0 aromatic rings. The summed E-state index contributed by atoms with van der Waals surface area (Å²) in [5, 5.41) is 11.7. The maximum absolute atomic E-state index is 8.49. The molecule has 0 atom stereocenters. The van der Waals surface area contributed by atoms with Crippen LogP contribution in [0.25, 0.3) is 0 Å². The van der Waals surface area contributed by atoms with Crippen molar-refractivity contribution in [2.75, 3.05) is 12.5 Å². The topological polar surface area (TPSA) is 32.6 Å². The largest absolute Gasteiger partial charge is 0.411 e. The summed E-state index contributed by atoms with van der Waals surface area (Å²) >= 11 is 3.35. The average Bonchev–Trinajstić information content (AvgIpc) is 2.01. The van der Waals surface area contributed by atoms with Crippen molar-refractivity contribution in [1.82, 2.24) is 0 Å². The van der Waals surface area contributed by atoms with Crippen LogP contribution in [0.3, 0.4) is 0 Å². The van der Waals surface area contributed by atoms with Gasteiger partial charge >= 0.3 is 0 Å². The monoisotopic (exact) mass is 179 g/mol. The van der Waals surface area contributed by atoms with Crippen LogP contribution in [-0.2, 0) is 0 Å². The van der Waals surface area contributed by atoms with Crippen molar-refractivity contribution >= 4 is 29.2 Å². The number of nitrogens with zero attached hydrogens (tertiary/aromatic N) is 1. The Labute approximate surface area is 70.5 Å². The minimum absolute atomic E-state index is 0.0747. The van der Waals surface area contributed by atoms with Crippen LogP contribution in [-0.4, -0.2) is 27.5 Å². The van der Waals surface area contributed by atoms with Crippen LogP contribution in [0, 0.1) is 0 Å². The van der Waals surface area contributed by atoms with Gasteiger partial charge in [-0.1, -0.05) is 5.16 Å². The molecular formula is C6H13NOS2. The van der Waals surface area contributed by atoms with Crippen LogP contribution in [0.15, 0.2) is 5.16 Å². The third kappa shape index (κ3) is 2.09. The van der Waals surface area contributed by atoms with Gasteiger partial charge in [0.2, 0.25) is 0 Å². The van der Waals surface area contributed by atoms with E-state index in [0.717, 1.165) is 5.71 Å². The lowest BCUT2D eigenvalue weighted by atomic mass is 10.3. The molecule has 0 aromatic carbocycles. The standard InChI is InChI=1S/C6H13NOS2/c1-5(7-8)6(2,9-3)10-4/h8H,1-4H3. The van der Waals surface area contributed by atoms with Gasteiger partial charge in [0.05, 0.1) is 9.79 Å². The van der Waals surface area contributed by atoms with E-state index in [1.54, 1.807) is 23.5 Å². The smallest absolute Gasteiger partial charge is 0.0987 e. The van der Waals surface area contributed by atoms with Gasteiger partial charge in [0.15, 0.2) is 0 Å². The normalized spacial score (nSPS) is 13.8. The summed E-state index contributed by atoms with van der Waals surface area (Å²) < 4.78 is -0.0747. The molecule has 0 aliphatic carbocycles. The molecule has 0 amide bonds. The van der Waals surface area contributed by atoms with Crippen molar-refractivity contribution in [2.45, 2.75) is 17.9 Å². The van der Waals surface area contributed by atoms with Gasteiger partial charge in [-0.2, -0.15) is 0 Å². The number of hydrogen-bond donors (Lipinski definition) is 1. The number of oxime groups is 1. The Morgan fingerprint density at radius 3 is 1.90 bits per heavy atom. The van der Waals surface area contributed by atoms with Crippen molar-refractivity contribution in [3.63, 3.8) is 0 Å². The Hall–Kier alpha value is 0.170. The zero-order valence-corrected chi connectivity index (χ0v) is 8.34. The first kappa shape index (κ1) is 10.2. The lowest BCUT2D eigenvalue weighted by Crippen LogP contribution is -2.24. The van der Waals surface area contributed by atoms with Crippen molar-refractivity contribution < 1.29 is 5.21 Å². The first-order valence-corrected chi connectivity index (χ1v) is 5.35. The molecule has 10 heavy (non-hydrogen) atoms. The van der Waals surface area contributed by atoms with E-state index in [9.17, 15) is 0 Å². The van der Waals surface area contributed by atoms with Crippen LogP contribution >= 0.6 is 23.5 Å². The second-order valence-electron chi connectivity index (χ2n) is 2.04. The van der Waals surface area contributed by atoms with Crippen LogP contribution in [0.1, 0.15) is 13.8 Å². The first-order valence-electron chi connectivity index (χ1n) is 2.90. The minimum atomic E-state index is -0.0747. The van der Waals surface area contributed by atoms with Gasteiger partial charge in [0, 0.05) is 0 Å². The van der Waals surface area contributed by atoms with Crippen molar-refractivity contribution in [2.24, 2.45) is 5.16 Å². The summed E-state index contributed by atoms with van der Waals surface area (Å²) in [5.74, 6) is 0. The zero-order chi connectivity index (χ0) is 8.20. The van der Waals surface area contributed by atoms with Gasteiger partial charge < -0.3 is 5.21 Å². The molecule has 0 unspecified atom stereocenters. The lowest BCUT2D eigenvalue weighted by Gasteiger charge is -2.23. The van der Waals surface area contributed by atoms with Crippen LogP contribution in [0.4, 0.5) is 0 Å². The molecule has 0 aromatic heterocycles. The van der Waals surface area contributed by atoms with E-state index in [1.165, 1.54) is 0 Å². The molecule has 60 valence electrons. The quantitative estimate of drug-likeness (QED) is 0.312. The van der Waals surface area contributed by atoms with Gasteiger partial charge in [0.25, 0.3) is 0 Å². The predicted molar refractivity (Wildman–Crippen MR) is 50.3 cm³/mol. The third-order valence-electron chi connectivity index (χ3n) is 1.59. The van der Waals surface area contributed by atoms with Crippen LogP contribution in [0.2, 0.25) is 0 Å². The average molecular weight is 179 g/mol. The van der Waals surface area contributed by atoms with E-state index in [-0.39, 0.29) is 4.08 Å². The van der Waals surface area contributed by atoms with E-state index in [2.05, 4.69) is 5.16 Å². The van der Waals surface area contributed by atoms with E-state index < -0.39 is 0 Å². The number of thioether (sulfide) groups is 2. The van der Waals surface area contributed by atoms with Crippen molar-refractivity contribution in [3.8, 4) is 0 Å². The maximum atomic E-state index is 8.49. The Balaban J connectivity index is 4.32. The second kappa shape index (κ2) is 4.13. The summed E-state index contributed by atoms with van der Waals surface area (Å²) in [4.78, 5) is 0. The summed E-state index contributed by atoms with van der Waals surface area (Å²) in [6, 6.07) is 0. The highest BCUT2D eigenvalue weighted by molar-refractivity contribution is 8.18. The Kier molecular flexibility index (Phi) is 4.20. The van der Waals surface area contributed by atoms with Gasteiger partial charge in [-0.25, -0.2) is 0 Å². The molecule has 0 aliphatic heterocycles. The molecule has 0 fully saturated rings. The SMILES string of the molecule is CSC(C)(SC)C(C)=NO. The van der Waals surface area contributed by atoms with Crippen LogP contribution < -0.4 is 0 Å². The van der Waals surface area contributed by atoms with Crippen LogP contribution in [0.5, 0.6) is 0 Å². The fourth-order valence-corrected chi connectivity index (χ4v) is 1.81. The first-order chi connectivity index (χ1) is 4.60. The molecule has 0 rings (SSSR count). The summed E-state index contributed by atoms with van der Waals surface area (Å²) in [5.41, 5.74) is 0.757. The molecule has 0 radical (unpaired) electrons. The zero-order valence-electron chi connectivity index (χ0n) is 6.71. The molecule has 4 heteroatoms. The van der Waals surface area contributed by atoms with Gasteiger partial charge in [-0.05, 0) is 26.4 Å². The Bertz CT molecular complexity index is 132. The molecule has 0 aliphatic rings. The van der Waals surface area contributed by atoms with Gasteiger partial charge in [-0.3, -0.25) is 0 Å². The fourth-order valence-electron chi connectivity index (χ4n) is 0.470. The molecule has 0 bridgehead atoms. The number of rotatable bonds is 3. The molecule has 2 nitrogen and oxygen atoms in total. The Morgan fingerprint density at radius 1 is 1.40 bits per heavy atom. The molecular weight excluding hydrogens is 166 g/mol. The van der Waals surface area contributed by atoms with E-state index in [0.29, 0.717) is 0 Å². The summed E-state index contributed by atoms with van der Waals surface area (Å²) in [6.45, 7) is 3.87. The van der Waals surface area contributed by atoms with Gasteiger partial charge in [-0.15, -0.1) is 23.5 Å². The third-order valence-corrected chi connectivity index (χ3v) is 4.74. The maximum Gasteiger partial charge on any atom is 0.0987 e. The van der Waals surface area contributed by atoms with E-state index in [4.69, 9.17) is 5.21 Å². The second-order valence-corrected chi connectivity index (χ2v) is 4.75. The highest BCUT2D eigenvalue weighted by Gasteiger charge is 2.25. The predicted octanol–water partition coefficient (Wildman–Crippen LogP) is 2.28. The summed E-state index contributed by atoms with van der Waals surface area (Å²) in [7, 11) is 0. The van der Waals surface area contributed by atoms with E-state index in [1.807, 2.05) is 26.4 Å². The molecule has 0 saturated carbocycles. The molecule has 1 N–H and O–H groups in total. The Morgan fingerprint density at radius 2 is 1.80 bits per heavy atom. The molecule has 0 heterocycles. The molecule has 0 spiro atoms. The molecule has 0 saturated heterocycles. The highest BCUT2D eigenvalue weighted by Crippen LogP contribution is 2.34. The van der Waals surface area contributed by atoms with Crippen molar-refractivity contribution in [3.05, 3.63) is 0 Å². The van der Waals surface area contributed by atoms with Crippen molar-refractivity contribution in [1.29, 1.82) is 0 Å². The summed E-state index contributed by atoms with van der Waals surface area (Å²) in [6.07, 6.45) is 4.01. The van der Waals surface area contributed by atoms with E-state index >= 15 is 0 Å². The lowest BCUT2D eigenvalue weighted by molar-refractivity contribution is 0.317. The fraction of sp³-hybridized carbons (Fsp3) is 0.833. The highest BCUT2D eigenvalue weighted by atomic mass is 32.2. The number of hydrogen-bond acceptors (Lipinski definition) is 4. The minimum Gasteiger partial charge on any atom is -0.411 e.